The number of hydrogen-bond acceptors (Lipinski definition) is 5. The highest BCUT2D eigenvalue weighted by Crippen LogP contribution is 2.42. The summed E-state index contributed by atoms with van der Waals surface area (Å²) in [6.45, 7) is 7.18. The molecule has 0 saturated carbocycles. The minimum absolute atomic E-state index is 0.165. The van der Waals surface area contributed by atoms with Crippen LogP contribution in [0.1, 0.15) is 44.4 Å². The fourth-order valence-electron chi connectivity index (χ4n) is 4.23. The van der Waals surface area contributed by atoms with Crippen LogP contribution < -0.4 is 15.8 Å². The lowest BCUT2D eigenvalue weighted by atomic mass is 9.76. The maximum absolute atomic E-state index is 13.4. The second-order valence-corrected chi connectivity index (χ2v) is 9.21. The molecule has 30 heavy (non-hydrogen) atoms. The van der Waals surface area contributed by atoms with Crippen LogP contribution in [-0.4, -0.2) is 23.6 Å². The number of anilines is 1. The number of benzene rings is 2. The average molecular weight is 408 g/mol. The molecule has 2 aromatic carbocycles. The first-order valence-electron chi connectivity index (χ1n) is 10.3. The van der Waals surface area contributed by atoms with E-state index in [9.17, 15) is 9.59 Å². The van der Waals surface area contributed by atoms with Crippen LogP contribution in [0.4, 0.5) is 5.69 Å². The summed E-state index contributed by atoms with van der Waals surface area (Å²) >= 11 is 0. The maximum atomic E-state index is 13.4. The predicted molar refractivity (Wildman–Crippen MR) is 114 cm³/mol. The standard InChI is InChI=1S/C24H28N2O4/c1-14-21(27)26-19-13-17(9-10-20(19)29-14)24(25,22(28)30-23(2,3)4)18-11-15-7-5-6-8-16(15)12-18/h5-10,13-14,18H,11-12,25H2,1-4H3,(H,26,27). The number of esters is 1. The van der Waals surface area contributed by atoms with Gasteiger partial charge in [-0.25, -0.2) is 4.79 Å². The van der Waals surface area contributed by atoms with Crippen molar-refractivity contribution >= 4 is 17.6 Å². The summed E-state index contributed by atoms with van der Waals surface area (Å²) in [4.78, 5) is 25.5. The molecule has 2 aliphatic rings. The van der Waals surface area contributed by atoms with E-state index < -0.39 is 23.2 Å². The normalized spacial score (nSPS) is 20.4. The van der Waals surface area contributed by atoms with Crippen LogP contribution in [0.25, 0.3) is 0 Å². The van der Waals surface area contributed by atoms with Gasteiger partial charge in [0.2, 0.25) is 0 Å². The first-order chi connectivity index (χ1) is 14.1. The van der Waals surface area contributed by atoms with Gasteiger partial charge in [-0.15, -0.1) is 0 Å². The third kappa shape index (κ3) is 3.56. The van der Waals surface area contributed by atoms with E-state index in [0.29, 0.717) is 29.8 Å². The molecule has 158 valence electrons. The van der Waals surface area contributed by atoms with Gasteiger partial charge in [0.25, 0.3) is 5.91 Å². The fraction of sp³-hybridized carbons (Fsp3) is 0.417. The summed E-state index contributed by atoms with van der Waals surface area (Å²) < 4.78 is 11.4. The molecule has 1 aliphatic heterocycles. The molecule has 1 heterocycles. The first-order valence-corrected chi connectivity index (χ1v) is 10.3. The van der Waals surface area contributed by atoms with Crippen molar-refractivity contribution in [2.45, 2.75) is 57.8 Å². The Morgan fingerprint density at radius 1 is 1.13 bits per heavy atom. The SMILES string of the molecule is CC1Oc2ccc(C(N)(C(=O)OC(C)(C)C)C3Cc4ccccc4C3)cc2NC1=O. The van der Waals surface area contributed by atoms with E-state index >= 15 is 0 Å². The summed E-state index contributed by atoms with van der Waals surface area (Å²) in [5.41, 5.74) is 8.40. The minimum Gasteiger partial charge on any atom is -0.479 e. The number of nitrogens with two attached hydrogens (primary N) is 1. The van der Waals surface area contributed by atoms with Crippen LogP contribution in [0.5, 0.6) is 5.75 Å². The molecule has 6 nitrogen and oxygen atoms in total. The molecule has 0 bridgehead atoms. The molecule has 2 atom stereocenters. The molecule has 1 amide bonds. The van der Waals surface area contributed by atoms with Crippen LogP contribution in [0.3, 0.4) is 0 Å². The van der Waals surface area contributed by atoms with Gasteiger partial charge in [-0.05, 0) is 75.3 Å². The summed E-state index contributed by atoms with van der Waals surface area (Å²) in [5, 5.41) is 2.85. The predicted octanol–water partition coefficient (Wildman–Crippen LogP) is 3.32. The number of carbonyl (C=O) groups excluding carboxylic acids is 2. The summed E-state index contributed by atoms with van der Waals surface area (Å²) in [7, 11) is 0. The molecule has 0 saturated heterocycles. The molecule has 0 aromatic heterocycles. The van der Waals surface area contributed by atoms with E-state index in [1.165, 1.54) is 11.1 Å². The van der Waals surface area contributed by atoms with Crippen LogP contribution in [0.2, 0.25) is 0 Å². The van der Waals surface area contributed by atoms with Gasteiger partial charge in [0.15, 0.2) is 6.10 Å². The molecule has 0 radical (unpaired) electrons. The monoisotopic (exact) mass is 408 g/mol. The molecule has 6 heteroatoms. The Balaban J connectivity index is 1.76. The van der Waals surface area contributed by atoms with Gasteiger partial charge in [-0.2, -0.15) is 0 Å². The number of rotatable bonds is 3. The second-order valence-electron chi connectivity index (χ2n) is 9.21. The maximum Gasteiger partial charge on any atom is 0.331 e. The minimum atomic E-state index is -1.37. The largest absolute Gasteiger partial charge is 0.479 e. The molecule has 0 fully saturated rings. The highest BCUT2D eigenvalue weighted by atomic mass is 16.6. The summed E-state index contributed by atoms with van der Waals surface area (Å²) in [6, 6.07) is 13.5. The summed E-state index contributed by atoms with van der Waals surface area (Å²) in [5.74, 6) is -0.300. The number of amides is 1. The zero-order valence-corrected chi connectivity index (χ0v) is 17.8. The van der Waals surface area contributed by atoms with Crippen molar-refractivity contribution in [2.24, 2.45) is 11.7 Å². The van der Waals surface area contributed by atoms with E-state index in [2.05, 4.69) is 17.4 Å². The first kappa shape index (κ1) is 20.4. The van der Waals surface area contributed by atoms with Crippen LogP contribution >= 0.6 is 0 Å². The van der Waals surface area contributed by atoms with Crippen molar-refractivity contribution < 1.29 is 19.1 Å². The smallest absolute Gasteiger partial charge is 0.331 e. The van der Waals surface area contributed by atoms with Gasteiger partial charge in [0, 0.05) is 0 Å². The van der Waals surface area contributed by atoms with Gasteiger partial charge >= 0.3 is 5.97 Å². The third-order valence-electron chi connectivity index (χ3n) is 5.82. The zero-order chi connectivity index (χ0) is 21.7. The Morgan fingerprint density at radius 3 is 2.37 bits per heavy atom. The van der Waals surface area contributed by atoms with Crippen LogP contribution in [-0.2, 0) is 32.7 Å². The molecule has 0 spiro atoms. The Hall–Kier alpha value is -2.86. The fourth-order valence-corrected chi connectivity index (χ4v) is 4.23. The molecule has 2 aromatic rings. The van der Waals surface area contributed by atoms with Crippen LogP contribution in [0.15, 0.2) is 42.5 Å². The lowest BCUT2D eigenvalue weighted by Crippen LogP contribution is -2.54. The third-order valence-corrected chi connectivity index (χ3v) is 5.82. The zero-order valence-electron chi connectivity index (χ0n) is 17.8. The van der Waals surface area contributed by atoms with Crippen molar-refractivity contribution in [3.63, 3.8) is 0 Å². The van der Waals surface area contributed by atoms with Crippen molar-refractivity contribution in [3.05, 3.63) is 59.2 Å². The highest BCUT2D eigenvalue weighted by molar-refractivity contribution is 5.98. The molecular weight excluding hydrogens is 380 g/mol. The Bertz CT molecular complexity index is 986. The second kappa shape index (κ2) is 7.13. The van der Waals surface area contributed by atoms with E-state index in [-0.39, 0.29) is 11.8 Å². The van der Waals surface area contributed by atoms with E-state index in [1.807, 2.05) is 32.9 Å². The Morgan fingerprint density at radius 2 is 1.77 bits per heavy atom. The van der Waals surface area contributed by atoms with E-state index in [1.54, 1.807) is 25.1 Å². The van der Waals surface area contributed by atoms with Crippen molar-refractivity contribution in [2.75, 3.05) is 5.32 Å². The van der Waals surface area contributed by atoms with Crippen molar-refractivity contribution in [3.8, 4) is 5.75 Å². The number of hydrogen-bond donors (Lipinski definition) is 2. The quantitative estimate of drug-likeness (QED) is 0.761. The molecule has 3 N–H and O–H groups in total. The van der Waals surface area contributed by atoms with Crippen LogP contribution in [0, 0.1) is 5.92 Å². The van der Waals surface area contributed by atoms with Crippen molar-refractivity contribution in [1.29, 1.82) is 0 Å². The number of fused-ring (bicyclic) bond motifs is 2. The number of nitrogens with one attached hydrogen (secondary N) is 1. The topological polar surface area (TPSA) is 90.7 Å². The Labute approximate surface area is 176 Å². The lowest BCUT2D eigenvalue weighted by molar-refractivity contribution is -0.164. The van der Waals surface area contributed by atoms with Gasteiger partial charge in [-0.3, -0.25) is 4.79 Å². The molecular formula is C24H28N2O4. The number of carbonyl (C=O) groups is 2. The van der Waals surface area contributed by atoms with E-state index in [4.69, 9.17) is 15.2 Å². The number of ether oxygens (including phenoxy) is 2. The van der Waals surface area contributed by atoms with Gasteiger partial charge in [0.05, 0.1) is 5.69 Å². The molecule has 2 unspecified atom stereocenters. The van der Waals surface area contributed by atoms with Gasteiger partial charge in [-0.1, -0.05) is 30.3 Å². The van der Waals surface area contributed by atoms with E-state index in [0.717, 1.165) is 0 Å². The highest BCUT2D eigenvalue weighted by Gasteiger charge is 2.48. The molecule has 1 aliphatic carbocycles. The van der Waals surface area contributed by atoms with Crippen molar-refractivity contribution in [1.82, 2.24) is 0 Å². The Kier molecular flexibility index (Phi) is 4.85. The molecule has 4 rings (SSSR count). The lowest BCUT2D eigenvalue weighted by Gasteiger charge is -2.37. The summed E-state index contributed by atoms with van der Waals surface area (Å²) in [6.07, 6.45) is 0.798. The van der Waals surface area contributed by atoms with Gasteiger partial charge in [0.1, 0.15) is 16.9 Å². The van der Waals surface area contributed by atoms with Gasteiger partial charge < -0.3 is 20.5 Å². The average Bonchev–Trinajstić information content (AvgIpc) is 3.11.